The molecule has 0 aromatic carbocycles. The van der Waals surface area contributed by atoms with Gasteiger partial charge in [-0.25, -0.2) is 8.42 Å². The topological polar surface area (TPSA) is 67.2 Å². The molecule has 1 aliphatic rings. The molecule has 2 rings (SSSR count). The number of rotatable bonds is 4. The van der Waals surface area contributed by atoms with E-state index in [0.717, 1.165) is 19.4 Å². The molecule has 0 spiro atoms. The van der Waals surface area contributed by atoms with Crippen LogP contribution in [0.4, 0.5) is 0 Å². The number of nitrogens with one attached hydrogen (secondary N) is 1. The molecule has 1 unspecified atom stereocenters. The number of piperidine rings is 1. The number of likely N-dealkylation sites (N-methyl/N-ethyl adjacent to an activating group) is 1. The van der Waals surface area contributed by atoms with Crippen LogP contribution >= 0.6 is 0 Å². The van der Waals surface area contributed by atoms with Crippen LogP contribution in [0.15, 0.2) is 4.90 Å². The monoisotopic (exact) mass is 300 g/mol. The van der Waals surface area contributed by atoms with Crippen molar-refractivity contribution in [3.8, 4) is 0 Å². The van der Waals surface area contributed by atoms with Crippen LogP contribution in [0.25, 0.3) is 0 Å². The molecule has 20 heavy (non-hydrogen) atoms. The van der Waals surface area contributed by atoms with Crippen LogP contribution in [0.1, 0.15) is 30.7 Å². The van der Waals surface area contributed by atoms with Crippen molar-refractivity contribution in [1.29, 1.82) is 0 Å². The van der Waals surface area contributed by atoms with Gasteiger partial charge in [-0.3, -0.25) is 4.68 Å². The van der Waals surface area contributed by atoms with Gasteiger partial charge in [-0.1, -0.05) is 6.42 Å². The van der Waals surface area contributed by atoms with Crippen molar-refractivity contribution in [3.05, 3.63) is 11.4 Å². The van der Waals surface area contributed by atoms with E-state index in [1.165, 1.54) is 10.7 Å². The smallest absolute Gasteiger partial charge is 0.246 e. The maximum atomic E-state index is 12.7. The van der Waals surface area contributed by atoms with Gasteiger partial charge < -0.3 is 5.32 Å². The second kappa shape index (κ2) is 5.83. The summed E-state index contributed by atoms with van der Waals surface area (Å²) in [6, 6.07) is 0.251. The van der Waals surface area contributed by atoms with Crippen LogP contribution in [-0.2, 0) is 17.1 Å². The van der Waals surface area contributed by atoms with E-state index in [4.69, 9.17) is 0 Å². The van der Waals surface area contributed by atoms with Crippen molar-refractivity contribution in [2.45, 2.75) is 44.0 Å². The Morgan fingerprint density at radius 1 is 1.40 bits per heavy atom. The van der Waals surface area contributed by atoms with Gasteiger partial charge in [-0.2, -0.15) is 9.40 Å². The van der Waals surface area contributed by atoms with Gasteiger partial charge in [0.25, 0.3) is 0 Å². The van der Waals surface area contributed by atoms with E-state index in [9.17, 15) is 8.42 Å². The zero-order valence-corrected chi connectivity index (χ0v) is 13.5. The number of aryl methyl sites for hydroxylation is 2. The molecule has 0 amide bonds. The number of aromatic nitrogens is 2. The molecule has 2 heterocycles. The molecule has 0 saturated carbocycles. The maximum Gasteiger partial charge on any atom is 0.246 e. The first-order valence-electron chi connectivity index (χ1n) is 7.04. The van der Waals surface area contributed by atoms with Gasteiger partial charge in [0.1, 0.15) is 4.90 Å². The van der Waals surface area contributed by atoms with Crippen LogP contribution in [0, 0.1) is 13.8 Å². The summed E-state index contributed by atoms with van der Waals surface area (Å²) in [4.78, 5) is 0.346. The van der Waals surface area contributed by atoms with Crippen molar-refractivity contribution < 1.29 is 8.42 Å². The molecule has 1 fully saturated rings. The second-order valence-electron chi connectivity index (χ2n) is 5.56. The Hall–Kier alpha value is -0.920. The minimum atomic E-state index is -3.47. The third kappa shape index (κ3) is 2.89. The van der Waals surface area contributed by atoms with Crippen LogP contribution < -0.4 is 5.32 Å². The van der Waals surface area contributed by atoms with Gasteiger partial charge in [0.2, 0.25) is 10.0 Å². The van der Waals surface area contributed by atoms with Gasteiger partial charge in [0.15, 0.2) is 0 Å². The normalized spacial score (nSPS) is 20.6. The molecule has 0 radical (unpaired) electrons. The summed E-state index contributed by atoms with van der Waals surface area (Å²) in [5, 5.41) is 7.58. The molecular formula is C13H24N4O2S. The van der Waals surface area contributed by atoms with Crippen molar-refractivity contribution >= 4 is 10.0 Å². The largest absolute Gasteiger partial charge is 0.313 e. The van der Waals surface area contributed by atoms with Crippen LogP contribution in [0.2, 0.25) is 0 Å². The van der Waals surface area contributed by atoms with Gasteiger partial charge in [0, 0.05) is 26.7 Å². The minimum Gasteiger partial charge on any atom is -0.313 e. The summed E-state index contributed by atoms with van der Waals surface area (Å²) in [7, 11) is -0.0507. The van der Waals surface area contributed by atoms with Gasteiger partial charge >= 0.3 is 0 Å². The lowest BCUT2D eigenvalue weighted by molar-refractivity contribution is 0.337. The lowest BCUT2D eigenvalue weighted by Gasteiger charge is -2.27. The van der Waals surface area contributed by atoms with E-state index < -0.39 is 10.0 Å². The highest BCUT2D eigenvalue weighted by atomic mass is 32.2. The molecule has 114 valence electrons. The van der Waals surface area contributed by atoms with E-state index in [2.05, 4.69) is 10.4 Å². The molecule has 1 N–H and O–H groups in total. The summed E-state index contributed by atoms with van der Waals surface area (Å²) in [5.74, 6) is 0. The highest BCUT2D eigenvalue weighted by Crippen LogP contribution is 2.22. The van der Waals surface area contributed by atoms with E-state index in [-0.39, 0.29) is 6.04 Å². The minimum absolute atomic E-state index is 0.251. The Labute approximate surface area is 121 Å². The van der Waals surface area contributed by atoms with E-state index in [1.54, 1.807) is 32.6 Å². The average molecular weight is 300 g/mol. The van der Waals surface area contributed by atoms with E-state index >= 15 is 0 Å². The molecule has 0 aliphatic carbocycles. The highest BCUT2D eigenvalue weighted by Gasteiger charge is 2.29. The van der Waals surface area contributed by atoms with Crippen molar-refractivity contribution in [1.82, 2.24) is 19.4 Å². The Morgan fingerprint density at radius 3 is 2.60 bits per heavy atom. The van der Waals surface area contributed by atoms with Gasteiger partial charge in [-0.15, -0.1) is 0 Å². The van der Waals surface area contributed by atoms with Crippen LogP contribution in [0.5, 0.6) is 0 Å². The van der Waals surface area contributed by atoms with Gasteiger partial charge in [0.05, 0.1) is 11.4 Å². The lowest BCUT2D eigenvalue weighted by Crippen LogP contribution is -2.44. The Balaban J connectivity index is 2.20. The molecule has 1 saturated heterocycles. The molecular weight excluding hydrogens is 276 g/mol. The molecule has 7 heteroatoms. The summed E-state index contributed by atoms with van der Waals surface area (Å²) in [5.41, 5.74) is 1.25. The van der Waals surface area contributed by atoms with Crippen LogP contribution in [0.3, 0.4) is 0 Å². The van der Waals surface area contributed by atoms with E-state index in [0.29, 0.717) is 22.8 Å². The second-order valence-corrected chi connectivity index (χ2v) is 7.54. The first-order valence-corrected chi connectivity index (χ1v) is 8.48. The molecule has 0 bridgehead atoms. The predicted octanol–water partition coefficient (Wildman–Crippen LogP) is 0.800. The number of hydrogen-bond acceptors (Lipinski definition) is 4. The average Bonchev–Trinajstić information content (AvgIpc) is 2.64. The van der Waals surface area contributed by atoms with Crippen molar-refractivity contribution in [2.75, 3.05) is 20.1 Å². The quantitative estimate of drug-likeness (QED) is 0.893. The summed E-state index contributed by atoms with van der Waals surface area (Å²) >= 11 is 0. The molecule has 1 aliphatic heterocycles. The number of nitrogens with zero attached hydrogens (tertiary/aromatic N) is 3. The zero-order valence-electron chi connectivity index (χ0n) is 12.7. The fourth-order valence-electron chi connectivity index (χ4n) is 2.77. The third-order valence-electron chi connectivity index (χ3n) is 4.00. The summed E-state index contributed by atoms with van der Waals surface area (Å²) < 4.78 is 28.5. The molecule has 1 atom stereocenters. The lowest BCUT2D eigenvalue weighted by atomic mass is 10.1. The molecule has 1 aromatic rings. The zero-order chi connectivity index (χ0) is 14.9. The highest BCUT2D eigenvalue weighted by molar-refractivity contribution is 7.89. The third-order valence-corrected chi connectivity index (χ3v) is 6.08. The van der Waals surface area contributed by atoms with Crippen molar-refractivity contribution in [3.63, 3.8) is 0 Å². The maximum absolute atomic E-state index is 12.7. The van der Waals surface area contributed by atoms with Gasteiger partial charge in [-0.05, 0) is 33.2 Å². The number of hydrogen-bond donors (Lipinski definition) is 1. The fourth-order valence-corrected chi connectivity index (χ4v) is 4.38. The number of sulfonamides is 1. The van der Waals surface area contributed by atoms with Crippen LogP contribution in [-0.4, -0.2) is 48.7 Å². The summed E-state index contributed by atoms with van der Waals surface area (Å²) in [6.45, 7) is 5.02. The Morgan fingerprint density at radius 2 is 2.10 bits per heavy atom. The standard InChI is InChI=1S/C13H24N4O2S/c1-10-13(11(2)17(4)15-10)20(18,19)16(3)9-12-7-5-6-8-14-12/h12,14H,5-9H2,1-4H3. The van der Waals surface area contributed by atoms with E-state index in [1.807, 2.05) is 0 Å². The Bertz CT molecular complexity index is 573. The summed E-state index contributed by atoms with van der Waals surface area (Å²) in [6.07, 6.45) is 3.37. The molecule has 6 nitrogen and oxygen atoms in total. The first-order chi connectivity index (χ1) is 9.34. The SMILES string of the molecule is Cc1nn(C)c(C)c1S(=O)(=O)N(C)CC1CCCCN1. The first kappa shape index (κ1) is 15.5. The van der Waals surface area contributed by atoms with Crippen molar-refractivity contribution in [2.24, 2.45) is 7.05 Å². The fraction of sp³-hybridized carbons (Fsp3) is 0.769. The molecule has 1 aromatic heterocycles. The predicted molar refractivity (Wildman–Crippen MR) is 78.1 cm³/mol. The Kier molecular flexibility index (Phi) is 4.51.